The summed E-state index contributed by atoms with van der Waals surface area (Å²) >= 11 is 0. The van der Waals surface area contributed by atoms with E-state index in [9.17, 15) is 0 Å². The number of hydroxylamine groups is 1. The molecular weight excluding hydrogens is 627 g/mol. The van der Waals surface area contributed by atoms with Crippen molar-refractivity contribution in [2.45, 2.75) is 26.3 Å². The van der Waals surface area contributed by atoms with Gasteiger partial charge in [-0.3, -0.25) is 4.57 Å². The smallest absolute Gasteiger partial charge is 0.138 e. The summed E-state index contributed by atoms with van der Waals surface area (Å²) in [7, 11) is 0. The molecule has 8 aromatic rings. The number of fused-ring (bicyclic) bond motifs is 4. The molecule has 0 N–H and O–H groups in total. The zero-order chi connectivity index (χ0) is 34.5. The van der Waals surface area contributed by atoms with E-state index < -0.39 is 0 Å². The monoisotopic (exact) mass is 663 g/mol. The van der Waals surface area contributed by atoms with Crippen LogP contribution in [0.1, 0.15) is 20.8 Å². The molecule has 6 heteroatoms. The van der Waals surface area contributed by atoms with E-state index in [-0.39, 0.29) is 5.54 Å². The highest BCUT2D eigenvalue weighted by Crippen LogP contribution is 2.46. The molecule has 6 nitrogen and oxygen atoms in total. The number of anilines is 6. The quantitative estimate of drug-likeness (QED) is 0.177. The van der Waals surface area contributed by atoms with Gasteiger partial charge in [0.05, 0.1) is 33.6 Å². The highest BCUT2D eigenvalue weighted by Gasteiger charge is 2.36. The second-order valence-electron chi connectivity index (χ2n) is 13.8. The van der Waals surface area contributed by atoms with Crippen molar-refractivity contribution in [3.8, 4) is 16.9 Å². The molecule has 0 unspecified atom stereocenters. The molecule has 2 aromatic heterocycles. The van der Waals surface area contributed by atoms with Gasteiger partial charge in [0.1, 0.15) is 5.82 Å². The third-order valence-electron chi connectivity index (χ3n) is 9.43. The Labute approximate surface area is 297 Å². The molecule has 0 saturated carbocycles. The molecule has 1 aliphatic rings. The summed E-state index contributed by atoms with van der Waals surface area (Å²) < 4.78 is 2.29. The Morgan fingerprint density at radius 2 is 1.20 bits per heavy atom. The molecule has 0 saturated heterocycles. The topological polar surface area (TPSA) is 36.8 Å². The van der Waals surface area contributed by atoms with Crippen molar-refractivity contribution < 1.29 is 4.94 Å². The van der Waals surface area contributed by atoms with E-state index in [1.165, 1.54) is 10.8 Å². The molecule has 0 bridgehead atoms. The lowest BCUT2D eigenvalue weighted by Gasteiger charge is -2.32. The number of para-hydroxylation sites is 4. The van der Waals surface area contributed by atoms with Gasteiger partial charge in [-0.05, 0) is 105 Å². The number of pyridine rings is 1. The fourth-order valence-electron chi connectivity index (χ4n) is 7.13. The summed E-state index contributed by atoms with van der Waals surface area (Å²) in [6.45, 7) is 6.47. The Bertz CT molecular complexity index is 2520. The Morgan fingerprint density at radius 3 is 2.00 bits per heavy atom. The van der Waals surface area contributed by atoms with Crippen LogP contribution in [0.2, 0.25) is 0 Å². The third-order valence-corrected chi connectivity index (χ3v) is 9.43. The summed E-state index contributed by atoms with van der Waals surface area (Å²) in [6, 6.07) is 57.5. The van der Waals surface area contributed by atoms with Crippen LogP contribution in [0.25, 0.3) is 38.8 Å². The summed E-state index contributed by atoms with van der Waals surface area (Å²) in [5.74, 6) is 0.876. The van der Waals surface area contributed by atoms with E-state index in [0.717, 1.165) is 62.1 Å². The molecule has 6 aromatic carbocycles. The van der Waals surface area contributed by atoms with Gasteiger partial charge < -0.3 is 4.90 Å². The van der Waals surface area contributed by atoms with Crippen LogP contribution in [0.5, 0.6) is 0 Å². The lowest BCUT2D eigenvalue weighted by atomic mass is 10.1. The SMILES string of the molecule is CC(C)(C)N1ON(c2cccc(N(c3ccccc3)c3ccc4c5ccccc5n(-c5cc(-c6ccccc6)ccn5)c4c3)c2)c2ccccc21. The molecule has 1 aliphatic heterocycles. The van der Waals surface area contributed by atoms with Gasteiger partial charge in [-0.1, -0.05) is 91.0 Å². The van der Waals surface area contributed by atoms with Crippen LogP contribution in [0.3, 0.4) is 0 Å². The second kappa shape index (κ2) is 12.2. The van der Waals surface area contributed by atoms with E-state index >= 15 is 0 Å². The van der Waals surface area contributed by atoms with Crippen molar-refractivity contribution in [3.05, 3.63) is 170 Å². The molecule has 3 heterocycles. The summed E-state index contributed by atoms with van der Waals surface area (Å²) in [5.41, 5.74) is 10.3. The van der Waals surface area contributed by atoms with Crippen molar-refractivity contribution in [1.82, 2.24) is 9.55 Å². The molecule has 0 radical (unpaired) electrons. The zero-order valence-electron chi connectivity index (χ0n) is 28.8. The molecule has 9 rings (SSSR count). The van der Waals surface area contributed by atoms with Gasteiger partial charge in [0.25, 0.3) is 0 Å². The maximum Gasteiger partial charge on any atom is 0.138 e. The molecule has 51 heavy (non-hydrogen) atoms. The first-order valence-corrected chi connectivity index (χ1v) is 17.3. The van der Waals surface area contributed by atoms with Crippen LogP contribution in [0.15, 0.2) is 170 Å². The molecule has 0 spiro atoms. The normalized spacial score (nSPS) is 12.8. The van der Waals surface area contributed by atoms with Crippen molar-refractivity contribution >= 4 is 55.9 Å². The molecule has 0 amide bonds. The minimum atomic E-state index is -0.234. The van der Waals surface area contributed by atoms with Gasteiger partial charge in [0.2, 0.25) is 0 Å². The largest absolute Gasteiger partial charge is 0.310 e. The molecule has 248 valence electrons. The fourth-order valence-corrected chi connectivity index (χ4v) is 7.13. The van der Waals surface area contributed by atoms with E-state index in [1.807, 2.05) is 22.4 Å². The number of nitrogens with zero attached hydrogens (tertiary/aromatic N) is 5. The van der Waals surface area contributed by atoms with Gasteiger partial charge >= 0.3 is 0 Å². The van der Waals surface area contributed by atoms with E-state index in [2.05, 4.69) is 188 Å². The predicted octanol–water partition coefficient (Wildman–Crippen LogP) is 11.9. The average Bonchev–Trinajstić information content (AvgIpc) is 3.73. The van der Waals surface area contributed by atoms with Crippen LogP contribution in [-0.4, -0.2) is 15.1 Å². The van der Waals surface area contributed by atoms with Crippen LogP contribution >= 0.6 is 0 Å². The van der Waals surface area contributed by atoms with Gasteiger partial charge in [-0.2, -0.15) is 5.06 Å². The standard InChI is InChI=1S/C45H37N5O/c1-45(2,3)50-42-24-13-12-23-41(42)49(51-50)37-20-14-19-35(30-37)47(34-17-8-5-9-18-34)36-25-26-39-38-21-10-11-22-40(38)48(43(39)31-36)44-29-33(27-28-46-44)32-15-6-4-7-16-32/h4-31H,1-3H3. The van der Waals surface area contributed by atoms with Crippen LogP contribution in [0, 0.1) is 0 Å². The number of rotatable bonds is 6. The van der Waals surface area contributed by atoms with Gasteiger partial charge in [-0.25, -0.2) is 10.0 Å². The maximum absolute atomic E-state index is 6.56. The fraction of sp³-hybridized carbons (Fsp3) is 0.0889. The molecular formula is C45H37N5O. The minimum Gasteiger partial charge on any atom is -0.310 e. The average molecular weight is 664 g/mol. The highest BCUT2D eigenvalue weighted by molar-refractivity contribution is 6.10. The Kier molecular flexibility index (Phi) is 7.33. The first-order chi connectivity index (χ1) is 24.9. The summed E-state index contributed by atoms with van der Waals surface area (Å²) in [6.07, 6.45) is 1.91. The van der Waals surface area contributed by atoms with E-state index in [1.54, 1.807) is 0 Å². The van der Waals surface area contributed by atoms with Gasteiger partial charge in [-0.15, -0.1) is 4.94 Å². The van der Waals surface area contributed by atoms with Crippen LogP contribution in [-0.2, 0) is 4.94 Å². The molecule has 0 fully saturated rings. The lowest BCUT2D eigenvalue weighted by molar-refractivity contribution is 0.0843. The highest BCUT2D eigenvalue weighted by atomic mass is 16.8. The van der Waals surface area contributed by atoms with Crippen molar-refractivity contribution in [1.29, 1.82) is 0 Å². The van der Waals surface area contributed by atoms with Crippen LogP contribution in [0.4, 0.5) is 34.1 Å². The van der Waals surface area contributed by atoms with E-state index in [4.69, 9.17) is 9.92 Å². The number of benzene rings is 6. The first-order valence-electron chi connectivity index (χ1n) is 17.3. The first kappa shape index (κ1) is 30.7. The zero-order valence-corrected chi connectivity index (χ0v) is 28.8. The number of hydrogen-bond donors (Lipinski definition) is 0. The van der Waals surface area contributed by atoms with Crippen molar-refractivity contribution in [3.63, 3.8) is 0 Å². The van der Waals surface area contributed by atoms with Gasteiger partial charge in [0, 0.05) is 34.0 Å². The molecule has 0 aliphatic carbocycles. The van der Waals surface area contributed by atoms with Crippen LogP contribution < -0.4 is 15.0 Å². The number of hydrogen-bond acceptors (Lipinski definition) is 5. The van der Waals surface area contributed by atoms with Gasteiger partial charge in [0.15, 0.2) is 0 Å². The van der Waals surface area contributed by atoms with E-state index in [0.29, 0.717) is 0 Å². The lowest BCUT2D eigenvalue weighted by Crippen LogP contribution is -2.41. The van der Waals surface area contributed by atoms with Crippen molar-refractivity contribution in [2.24, 2.45) is 0 Å². The number of aromatic nitrogens is 2. The molecule has 0 atom stereocenters. The summed E-state index contributed by atoms with van der Waals surface area (Å²) in [5, 5.41) is 6.27. The second-order valence-corrected chi connectivity index (χ2v) is 13.8. The predicted molar refractivity (Wildman–Crippen MR) is 211 cm³/mol. The maximum atomic E-state index is 6.56. The third kappa shape index (κ3) is 5.37. The Balaban J connectivity index is 1.20. The van der Waals surface area contributed by atoms with Crippen molar-refractivity contribution in [2.75, 3.05) is 15.0 Å². The summed E-state index contributed by atoms with van der Waals surface area (Å²) in [4.78, 5) is 13.8. The Morgan fingerprint density at radius 1 is 0.529 bits per heavy atom. The minimum absolute atomic E-state index is 0.234. The Hall–Kier alpha value is -6.37.